The Labute approximate surface area is 136 Å². The van der Waals surface area contributed by atoms with Gasteiger partial charge >= 0.3 is 6.18 Å². The molecule has 3 rings (SSSR count). The fourth-order valence-corrected chi connectivity index (χ4v) is 2.75. The number of aromatic nitrogens is 2. The maximum Gasteiger partial charge on any atom is 0.416 e. The molecule has 0 amide bonds. The van der Waals surface area contributed by atoms with E-state index in [1.165, 1.54) is 12.1 Å². The average molecular weight is 338 g/mol. The third-order valence-corrected chi connectivity index (χ3v) is 4.08. The highest BCUT2D eigenvalue weighted by atomic mass is 19.4. The van der Waals surface area contributed by atoms with Crippen LogP contribution in [0, 0.1) is 0 Å². The lowest BCUT2D eigenvalue weighted by atomic mass is 9.80. The molecule has 128 valence electrons. The zero-order valence-electron chi connectivity index (χ0n) is 12.7. The van der Waals surface area contributed by atoms with Crippen LogP contribution in [0.5, 0.6) is 0 Å². The summed E-state index contributed by atoms with van der Waals surface area (Å²) in [6.45, 7) is -0.0289. The molecule has 0 unspecified atom stereocenters. The predicted molar refractivity (Wildman–Crippen MR) is 83.2 cm³/mol. The molecule has 5 nitrogen and oxygen atoms in total. The zero-order chi connectivity index (χ0) is 17.3. The Morgan fingerprint density at radius 1 is 1.21 bits per heavy atom. The van der Waals surface area contributed by atoms with E-state index in [9.17, 15) is 18.3 Å². The van der Waals surface area contributed by atoms with Crippen LogP contribution in [0.2, 0.25) is 0 Å². The van der Waals surface area contributed by atoms with E-state index in [1.807, 2.05) is 0 Å². The van der Waals surface area contributed by atoms with E-state index in [0.29, 0.717) is 24.4 Å². The van der Waals surface area contributed by atoms with Crippen molar-refractivity contribution in [3.8, 4) is 0 Å². The third-order valence-electron chi connectivity index (χ3n) is 4.08. The summed E-state index contributed by atoms with van der Waals surface area (Å²) >= 11 is 0. The van der Waals surface area contributed by atoms with E-state index in [1.54, 1.807) is 12.1 Å². The summed E-state index contributed by atoms with van der Waals surface area (Å²) in [6.07, 6.45) is -3.53. The quantitative estimate of drug-likeness (QED) is 0.798. The van der Waals surface area contributed by atoms with Crippen LogP contribution >= 0.6 is 0 Å². The summed E-state index contributed by atoms with van der Waals surface area (Å²) in [6, 6.07) is 7.05. The summed E-state index contributed by atoms with van der Waals surface area (Å²) in [5.74, 6) is 0.532. The minimum absolute atomic E-state index is 0.0289. The van der Waals surface area contributed by atoms with Gasteiger partial charge in [0, 0.05) is 18.5 Å². The Morgan fingerprint density at radius 2 is 1.92 bits per heavy atom. The Morgan fingerprint density at radius 3 is 2.58 bits per heavy atom. The molecule has 1 aliphatic rings. The number of halogens is 3. The molecule has 0 radical (unpaired) electrons. The fourth-order valence-electron chi connectivity index (χ4n) is 2.75. The molecule has 1 aromatic carbocycles. The maximum absolute atomic E-state index is 13.0. The van der Waals surface area contributed by atoms with Gasteiger partial charge in [0.1, 0.15) is 5.82 Å². The molecule has 0 spiro atoms. The van der Waals surface area contributed by atoms with Crippen LogP contribution in [0.1, 0.15) is 35.6 Å². The van der Waals surface area contributed by atoms with Gasteiger partial charge in [-0.1, -0.05) is 18.2 Å². The maximum atomic E-state index is 13.0. The van der Waals surface area contributed by atoms with Gasteiger partial charge in [0.25, 0.3) is 0 Å². The first-order chi connectivity index (χ1) is 11.3. The molecule has 1 saturated carbocycles. The first-order valence-electron chi connectivity index (χ1n) is 7.54. The lowest BCUT2D eigenvalue weighted by Crippen LogP contribution is -2.27. The van der Waals surface area contributed by atoms with Crippen molar-refractivity contribution < 1.29 is 18.3 Å². The number of rotatable bonds is 4. The highest BCUT2D eigenvalue weighted by Crippen LogP contribution is 2.37. The van der Waals surface area contributed by atoms with Crippen LogP contribution in [-0.2, 0) is 12.7 Å². The van der Waals surface area contributed by atoms with Gasteiger partial charge in [0.2, 0.25) is 5.95 Å². The number of nitrogens with one attached hydrogen (secondary N) is 1. The second-order valence-electron chi connectivity index (χ2n) is 5.87. The number of aliphatic hydroxyl groups excluding tert-OH is 1. The largest absolute Gasteiger partial charge is 0.416 e. The second-order valence-corrected chi connectivity index (χ2v) is 5.87. The van der Waals surface area contributed by atoms with Gasteiger partial charge in [-0.2, -0.15) is 18.2 Å². The Bertz CT molecular complexity index is 730. The van der Waals surface area contributed by atoms with E-state index in [-0.39, 0.29) is 30.1 Å². The molecule has 2 aromatic rings. The molecule has 0 saturated heterocycles. The Kier molecular flexibility index (Phi) is 4.31. The first-order valence-corrected chi connectivity index (χ1v) is 7.54. The minimum Gasteiger partial charge on any atom is -0.393 e. The van der Waals surface area contributed by atoms with E-state index in [0.717, 1.165) is 6.07 Å². The van der Waals surface area contributed by atoms with Crippen LogP contribution in [0.4, 0.5) is 24.9 Å². The molecule has 1 fully saturated rings. The summed E-state index contributed by atoms with van der Waals surface area (Å²) in [4.78, 5) is 8.15. The number of nitrogens with zero attached hydrogens (tertiary/aromatic N) is 2. The van der Waals surface area contributed by atoms with E-state index in [4.69, 9.17) is 5.73 Å². The molecular formula is C16H17F3N4O. The Balaban J connectivity index is 1.76. The predicted octanol–water partition coefficient (Wildman–Crippen LogP) is 2.93. The number of anilines is 2. The van der Waals surface area contributed by atoms with Crippen LogP contribution < -0.4 is 11.1 Å². The molecule has 4 N–H and O–H groups in total. The van der Waals surface area contributed by atoms with Gasteiger partial charge < -0.3 is 16.2 Å². The highest BCUT2D eigenvalue weighted by Gasteiger charge is 2.33. The van der Waals surface area contributed by atoms with Crippen molar-refractivity contribution in [3.05, 3.63) is 47.2 Å². The number of nitrogens with two attached hydrogens (primary N) is 1. The standard InChI is InChI=1S/C16H17F3N4O/c17-16(18,19)12-4-2-1-3-9(12)8-21-14-7-13(22-15(20)23-14)10-5-11(24)6-10/h1-4,7,10-11,24H,5-6,8H2,(H3,20,21,22,23). The molecule has 1 aliphatic carbocycles. The first kappa shape index (κ1) is 16.5. The van der Waals surface area contributed by atoms with Crippen LogP contribution in [0.3, 0.4) is 0 Å². The fraction of sp³-hybridized carbons (Fsp3) is 0.375. The van der Waals surface area contributed by atoms with Crippen LogP contribution in [0.25, 0.3) is 0 Å². The van der Waals surface area contributed by atoms with Gasteiger partial charge in [0.05, 0.1) is 17.4 Å². The number of hydrogen-bond donors (Lipinski definition) is 3. The van der Waals surface area contributed by atoms with Crippen molar-refractivity contribution in [2.45, 2.75) is 37.6 Å². The monoisotopic (exact) mass is 338 g/mol. The van der Waals surface area contributed by atoms with Crippen molar-refractivity contribution in [1.29, 1.82) is 0 Å². The molecule has 1 aromatic heterocycles. The van der Waals surface area contributed by atoms with Crippen LogP contribution in [0.15, 0.2) is 30.3 Å². The van der Waals surface area contributed by atoms with Crippen LogP contribution in [-0.4, -0.2) is 21.2 Å². The second kappa shape index (κ2) is 6.27. The smallest absolute Gasteiger partial charge is 0.393 e. The molecule has 0 bridgehead atoms. The van der Waals surface area contributed by atoms with Crippen molar-refractivity contribution in [3.63, 3.8) is 0 Å². The van der Waals surface area contributed by atoms with Gasteiger partial charge in [-0.05, 0) is 24.5 Å². The molecule has 8 heteroatoms. The topological polar surface area (TPSA) is 84.1 Å². The van der Waals surface area contributed by atoms with Crippen molar-refractivity contribution in [2.24, 2.45) is 0 Å². The summed E-state index contributed by atoms with van der Waals surface area (Å²) in [5.41, 5.74) is 5.82. The SMILES string of the molecule is Nc1nc(NCc2ccccc2C(F)(F)F)cc(C2CC(O)C2)n1. The molecule has 1 heterocycles. The van der Waals surface area contributed by atoms with Crippen molar-refractivity contribution in [2.75, 3.05) is 11.1 Å². The van der Waals surface area contributed by atoms with Gasteiger partial charge in [-0.15, -0.1) is 0 Å². The summed E-state index contributed by atoms with van der Waals surface area (Å²) in [7, 11) is 0. The third kappa shape index (κ3) is 3.59. The summed E-state index contributed by atoms with van der Waals surface area (Å²) < 4.78 is 39.0. The number of hydrogen-bond acceptors (Lipinski definition) is 5. The van der Waals surface area contributed by atoms with Gasteiger partial charge in [-0.25, -0.2) is 4.98 Å². The van der Waals surface area contributed by atoms with Gasteiger partial charge in [0.15, 0.2) is 0 Å². The summed E-state index contributed by atoms with van der Waals surface area (Å²) in [5, 5.41) is 12.3. The Hall–Kier alpha value is -2.35. The number of benzene rings is 1. The molecule has 0 atom stereocenters. The molecular weight excluding hydrogens is 321 g/mol. The minimum atomic E-state index is -4.41. The molecule has 0 aliphatic heterocycles. The number of aliphatic hydroxyl groups is 1. The number of alkyl halides is 3. The lowest BCUT2D eigenvalue weighted by Gasteiger charge is -2.31. The highest BCUT2D eigenvalue weighted by molar-refractivity contribution is 5.43. The number of nitrogen functional groups attached to an aromatic ring is 1. The lowest BCUT2D eigenvalue weighted by molar-refractivity contribution is -0.138. The van der Waals surface area contributed by atoms with E-state index >= 15 is 0 Å². The van der Waals surface area contributed by atoms with Crippen molar-refractivity contribution >= 4 is 11.8 Å². The molecule has 24 heavy (non-hydrogen) atoms. The van der Waals surface area contributed by atoms with Crippen molar-refractivity contribution in [1.82, 2.24) is 9.97 Å². The van der Waals surface area contributed by atoms with E-state index in [2.05, 4.69) is 15.3 Å². The average Bonchev–Trinajstić information content (AvgIpc) is 2.49. The zero-order valence-corrected chi connectivity index (χ0v) is 12.7. The normalized spacial score (nSPS) is 20.5. The van der Waals surface area contributed by atoms with E-state index < -0.39 is 11.7 Å². The van der Waals surface area contributed by atoms with Gasteiger partial charge in [-0.3, -0.25) is 0 Å².